The van der Waals surface area contributed by atoms with Crippen molar-refractivity contribution in [3.63, 3.8) is 0 Å². The van der Waals surface area contributed by atoms with Gasteiger partial charge in [-0.25, -0.2) is 0 Å². The molecule has 3 rings (SSSR count). The molecule has 0 N–H and O–H groups in total. The molecular weight excluding hydrogens is 256 g/mol. The van der Waals surface area contributed by atoms with Gasteiger partial charge in [-0.2, -0.15) is 5.10 Å². The summed E-state index contributed by atoms with van der Waals surface area (Å²) in [4.78, 5) is 14.1. The van der Waals surface area contributed by atoms with Crippen molar-refractivity contribution in [1.82, 2.24) is 9.78 Å². The molecule has 2 aromatic rings. The highest BCUT2D eigenvalue weighted by Crippen LogP contribution is 2.28. The van der Waals surface area contributed by atoms with Gasteiger partial charge in [0.05, 0.1) is 23.0 Å². The third kappa shape index (κ3) is 2.78. The Morgan fingerprint density at radius 3 is 2.84 bits per heavy atom. The molecule has 4 heteroatoms. The van der Waals surface area contributed by atoms with Gasteiger partial charge in [0, 0.05) is 11.1 Å². The molecule has 100 valence electrons. The van der Waals surface area contributed by atoms with E-state index in [2.05, 4.69) is 9.78 Å². The van der Waals surface area contributed by atoms with Gasteiger partial charge in [0.1, 0.15) is 0 Å². The second kappa shape index (κ2) is 5.29. The zero-order valence-corrected chi connectivity index (χ0v) is 11.9. The molecule has 0 aliphatic heterocycles. The fraction of sp³-hybridized carbons (Fsp3) is 0.467. The predicted octanol–water partition coefficient (Wildman–Crippen LogP) is 3.79. The van der Waals surface area contributed by atoms with E-state index in [1.54, 1.807) is 11.3 Å². The molecule has 0 amide bonds. The molecular formula is C15H18N2OS. The predicted molar refractivity (Wildman–Crippen MR) is 76.8 cm³/mol. The third-order valence-corrected chi connectivity index (χ3v) is 4.76. The summed E-state index contributed by atoms with van der Waals surface area (Å²) >= 11 is 1.56. The first kappa shape index (κ1) is 12.6. The number of ketones is 1. The second-order valence-electron chi connectivity index (χ2n) is 5.24. The molecule has 2 aromatic heterocycles. The summed E-state index contributed by atoms with van der Waals surface area (Å²) in [6.45, 7) is 2.02. The van der Waals surface area contributed by atoms with Crippen molar-refractivity contribution in [2.45, 2.75) is 45.1 Å². The summed E-state index contributed by atoms with van der Waals surface area (Å²) in [7, 11) is 0. The number of Topliss-reactive ketones (excluding diaryl/α,β-unsaturated/α-hetero) is 1. The molecule has 3 nitrogen and oxygen atoms in total. The van der Waals surface area contributed by atoms with Crippen LogP contribution < -0.4 is 0 Å². The first-order valence-electron chi connectivity index (χ1n) is 6.86. The average molecular weight is 274 g/mol. The van der Waals surface area contributed by atoms with Crippen LogP contribution in [0.3, 0.4) is 0 Å². The Morgan fingerprint density at radius 1 is 1.37 bits per heavy atom. The minimum Gasteiger partial charge on any atom is -0.293 e. The van der Waals surface area contributed by atoms with Crippen LogP contribution in [0.5, 0.6) is 0 Å². The van der Waals surface area contributed by atoms with E-state index >= 15 is 0 Å². The summed E-state index contributed by atoms with van der Waals surface area (Å²) in [5.74, 6) is 0.176. The number of hydrogen-bond donors (Lipinski definition) is 0. The van der Waals surface area contributed by atoms with E-state index < -0.39 is 0 Å². The molecule has 0 saturated heterocycles. The number of aryl methyl sites for hydroxylation is 1. The van der Waals surface area contributed by atoms with Crippen LogP contribution in [0.25, 0.3) is 0 Å². The van der Waals surface area contributed by atoms with Crippen molar-refractivity contribution in [3.8, 4) is 0 Å². The molecule has 0 aromatic carbocycles. The van der Waals surface area contributed by atoms with E-state index in [0.29, 0.717) is 12.5 Å². The molecule has 0 spiro atoms. The molecule has 0 bridgehead atoms. The number of rotatable bonds is 4. The Balaban J connectivity index is 1.68. The van der Waals surface area contributed by atoms with Crippen LogP contribution in [-0.2, 0) is 6.42 Å². The Kier molecular flexibility index (Phi) is 3.51. The lowest BCUT2D eigenvalue weighted by molar-refractivity contribution is 0.0995. The van der Waals surface area contributed by atoms with E-state index in [1.807, 2.05) is 31.3 Å². The van der Waals surface area contributed by atoms with Gasteiger partial charge in [-0.3, -0.25) is 9.48 Å². The molecule has 1 fully saturated rings. The zero-order valence-electron chi connectivity index (χ0n) is 11.1. The Bertz CT molecular complexity index is 578. The Hall–Kier alpha value is -1.42. The third-order valence-electron chi connectivity index (χ3n) is 3.72. The van der Waals surface area contributed by atoms with Crippen LogP contribution in [-0.4, -0.2) is 15.6 Å². The lowest BCUT2D eigenvalue weighted by Crippen LogP contribution is -2.07. The largest absolute Gasteiger partial charge is 0.293 e. The number of carbonyl (C=O) groups excluding carboxylic acids is 1. The average Bonchev–Trinajstić information content (AvgIpc) is 3.07. The van der Waals surface area contributed by atoms with Crippen molar-refractivity contribution in [2.75, 3.05) is 0 Å². The smallest absolute Gasteiger partial charge is 0.178 e. The molecule has 1 aliphatic carbocycles. The summed E-state index contributed by atoms with van der Waals surface area (Å²) in [6.07, 6.45) is 7.48. The van der Waals surface area contributed by atoms with E-state index in [0.717, 1.165) is 10.6 Å². The highest BCUT2D eigenvalue weighted by molar-refractivity contribution is 7.14. The standard InChI is InChI=1S/C15H18N2OS/c1-11-6-7-15(19-11)14(18)10-12-8-9-17(16-12)13-4-2-3-5-13/h6-9,13H,2-5,10H2,1H3. The van der Waals surface area contributed by atoms with Gasteiger partial charge < -0.3 is 0 Å². The normalized spacial score (nSPS) is 16.1. The summed E-state index contributed by atoms with van der Waals surface area (Å²) in [5.41, 5.74) is 0.892. The van der Waals surface area contributed by atoms with Crippen LogP contribution in [0.1, 0.15) is 52.0 Å². The minimum absolute atomic E-state index is 0.176. The van der Waals surface area contributed by atoms with Crippen molar-refractivity contribution in [1.29, 1.82) is 0 Å². The van der Waals surface area contributed by atoms with Crippen LogP contribution in [0.15, 0.2) is 24.4 Å². The lowest BCUT2D eigenvalue weighted by atomic mass is 10.2. The maximum Gasteiger partial charge on any atom is 0.178 e. The fourth-order valence-corrected chi connectivity index (χ4v) is 3.48. The zero-order chi connectivity index (χ0) is 13.2. The summed E-state index contributed by atoms with van der Waals surface area (Å²) < 4.78 is 2.05. The van der Waals surface area contributed by atoms with Crippen molar-refractivity contribution in [3.05, 3.63) is 39.8 Å². The lowest BCUT2D eigenvalue weighted by Gasteiger charge is -2.08. The van der Waals surface area contributed by atoms with Gasteiger partial charge in [-0.05, 0) is 38.0 Å². The first-order valence-corrected chi connectivity index (χ1v) is 7.68. The number of aromatic nitrogens is 2. The van der Waals surface area contributed by atoms with Gasteiger partial charge in [0.15, 0.2) is 5.78 Å². The quantitative estimate of drug-likeness (QED) is 0.795. The van der Waals surface area contributed by atoms with Crippen molar-refractivity contribution in [2.24, 2.45) is 0 Å². The molecule has 19 heavy (non-hydrogen) atoms. The van der Waals surface area contributed by atoms with Gasteiger partial charge in [-0.15, -0.1) is 11.3 Å². The number of thiophene rings is 1. The highest BCUT2D eigenvalue weighted by atomic mass is 32.1. The van der Waals surface area contributed by atoms with Crippen LogP contribution in [0.2, 0.25) is 0 Å². The molecule has 1 saturated carbocycles. The van der Waals surface area contributed by atoms with E-state index in [9.17, 15) is 4.79 Å². The summed E-state index contributed by atoms with van der Waals surface area (Å²) in [6, 6.07) is 6.44. The van der Waals surface area contributed by atoms with Gasteiger partial charge in [0.25, 0.3) is 0 Å². The van der Waals surface area contributed by atoms with Crippen LogP contribution in [0, 0.1) is 6.92 Å². The second-order valence-corrected chi connectivity index (χ2v) is 6.52. The molecule has 0 atom stereocenters. The topological polar surface area (TPSA) is 34.9 Å². The van der Waals surface area contributed by atoms with E-state index in [-0.39, 0.29) is 5.78 Å². The minimum atomic E-state index is 0.176. The van der Waals surface area contributed by atoms with E-state index in [4.69, 9.17) is 0 Å². The summed E-state index contributed by atoms with van der Waals surface area (Å²) in [5, 5.41) is 4.57. The van der Waals surface area contributed by atoms with Gasteiger partial charge in [0.2, 0.25) is 0 Å². The maximum absolute atomic E-state index is 12.1. The Labute approximate surface area is 117 Å². The molecule has 0 unspecified atom stereocenters. The fourth-order valence-electron chi connectivity index (χ4n) is 2.68. The van der Waals surface area contributed by atoms with Crippen molar-refractivity contribution < 1.29 is 4.79 Å². The van der Waals surface area contributed by atoms with E-state index in [1.165, 1.54) is 30.6 Å². The van der Waals surface area contributed by atoms with Crippen LogP contribution in [0.4, 0.5) is 0 Å². The number of hydrogen-bond acceptors (Lipinski definition) is 3. The number of nitrogens with zero attached hydrogens (tertiary/aromatic N) is 2. The molecule has 2 heterocycles. The molecule has 0 radical (unpaired) electrons. The number of carbonyl (C=O) groups is 1. The molecule has 1 aliphatic rings. The SMILES string of the molecule is Cc1ccc(C(=O)Cc2ccn(C3CCCC3)n2)s1. The van der Waals surface area contributed by atoms with Gasteiger partial charge in [-0.1, -0.05) is 12.8 Å². The Morgan fingerprint density at radius 2 is 2.16 bits per heavy atom. The van der Waals surface area contributed by atoms with Crippen LogP contribution >= 0.6 is 11.3 Å². The first-order chi connectivity index (χ1) is 9.22. The van der Waals surface area contributed by atoms with Gasteiger partial charge >= 0.3 is 0 Å². The monoisotopic (exact) mass is 274 g/mol. The van der Waals surface area contributed by atoms with Crippen molar-refractivity contribution >= 4 is 17.1 Å². The highest BCUT2D eigenvalue weighted by Gasteiger charge is 2.18. The maximum atomic E-state index is 12.1.